The number of carbonyl (C=O) groups is 1. The van der Waals surface area contributed by atoms with Crippen LogP contribution in [0.1, 0.15) is 53.7 Å². The molecule has 3 aromatic rings. The fourth-order valence-electron chi connectivity index (χ4n) is 8.06. The summed E-state index contributed by atoms with van der Waals surface area (Å²) in [6.45, 7) is 1.94. The third-order valence-electron chi connectivity index (χ3n) is 9.91. The van der Waals surface area contributed by atoms with Crippen molar-refractivity contribution in [1.82, 2.24) is 15.2 Å². The molecule has 37 heavy (non-hydrogen) atoms. The van der Waals surface area contributed by atoms with Crippen molar-refractivity contribution in [1.29, 1.82) is 0 Å². The highest BCUT2D eigenvalue weighted by Crippen LogP contribution is 2.65. The highest BCUT2D eigenvalue weighted by atomic mass is 16.5. The number of rotatable bonds is 4. The number of ether oxygens (including phenoxy) is 1. The minimum Gasteiger partial charge on any atom is -0.504 e. The smallest absolute Gasteiger partial charge is 0.270 e. The molecule has 2 aromatic carbocycles. The number of carbonyl (C=O) groups excluding carboxylic acids is 1. The number of benzene rings is 2. The Morgan fingerprint density at radius 3 is 2.84 bits per heavy atom. The Bertz CT molecular complexity index is 1450. The van der Waals surface area contributed by atoms with E-state index in [-0.39, 0.29) is 23.7 Å². The van der Waals surface area contributed by atoms with Crippen LogP contribution >= 0.6 is 0 Å². The molecular formula is C30H31N3O4. The van der Waals surface area contributed by atoms with Crippen LogP contribution in [0.2, 0.25) is 0 Å². The fourth-order valence-corrected chi connectivity index (χ4v) is 8.06. The number of pyridine rings is 1. The van der Waals surface area contributed by atoms with E-state index < -0.39 is 17.1 Å². The molecular weight excluding hydrogens is 466 g/mol. The van der Waals surface area contributed by atoms with Crippen molar-refractivity contribution in [2.45, 2.75) is 67.7 Å². The molecule has 2 saturated carbocycles. The zero-order valence-corrected chi connectivity index (χ0v) is 20.7. The molecule has 2 bridgehead atoms. The van der Waals surface area contributed by atoms with Gasteiger partial charge in [-0.15, -0.1) is 0 Å². The molecule has 5 aliphatic rings. The van der Waals surface area contributed by atoms with Crippen molar-refractivity contribution in [2.24, 2.45) is 5.92 Å². The predicted octanol–water partition coefficient (Wildman–Crippen LogP) is 3.30. The number of para-hydroxylation sites is 1. The Balaban J connectivity index is 1.17. The number of nitrogens with one attached hydrogen (secondary N) is 1. The summed E-state index contributed by atoms with van der Waals surface area (Å²) in [7, 11) is 0. The molecule has 0 unspecified atom stereocenters. The van der Waals surface area contributed by atoms with Gasteiger partial charge in [0.05, 0.1) is 22.6 Å². The SMILES string of the molecule is O=C(N[C@@H]1CC[C@@]2(O)[C@H]3Cc4ccc(O)c5c4[C@@]2(CCN3CC2CC2)[C@H]1O5)c1ccc2ccccc2n1. The number of aliphatic hydroxyl groups is 1. The number of nitrogens with zero attached hydrogens (tertiary/aromatic N) is 2. The van der Waals surface area contributed by atoms with Crippen molar-refractivity contribution in [3.05, 3.63) is 65.4 Å². The molecule has 7 nitrogen and oxygen atoms in total. The summed E-state index contributed by atoms with van der Waals surface area (Å²) in [5, 5.41) is 27.6. The molecule has 3 aliphatic carbocycles. The van der Waals surface area contributed by atoms with E-state index in [1.807, 2.05) is 36.4 Å². The second kappa shape index (κ2) is 7.45. The number of aromatic hydroxyl groups is 1. The van der Waals surface area contributed by atoms with Gasteiger partial charge in [-0.1, -0.05) is 30.3 Å². The van der Waals surface area contributed by atoms with E-state index in [9.17, 15) is 15.0 Å². The van der Waals surface area contributed by atoms with Crippen LogP contribution in [0.15, 0.2) is 48.5 Å². The van der Waals surface area contributed by atoms with E-state index in [0.29, 0.717) is 24.3 Å². The molecule has 1 spiro atoms. The predicted molar refractivity (Wildman–Crippen MR) is 138 cm³/mol. The van der Waals surface area contributed by atoms with Crippen LogP contribution in [0.5, 0.6) is 11.5 Å². The number of fused-ring (bicyclic) bond motifs is 1. The zero-order valence-electron chi connectivity index (χ0n) is 20.7. The average molecular weight is 498 g/mol. The minimum atomic E-state index is -0.959. The largest absolute Gasteiger partial charge is 0.504 e. The standard InChI is InChI=1S/C30H31N3O4/c34-23-10-8-19-15-24-30(36)12-11-21(32-28(35)22-9-7-18-3-1-2-4-20(18)31-22)27-29(30,25(19)26(23)37-27)13-14-33(24)16-17-5-6-17/h1-4,7-10,17,21,24,27,34,36H,5-6,11-16H2,(H,32,35)/t21-,24-,27+,29+,30-/m1/s1. The third-order valence-corrected chi connectivity index (χ3v) is 9.91. The molecule has 190 valence electrons. The molecule has 1 amide bonds. The van der Waals surface area contributed by atoms with Gasteiger partial charge in [-0.05, 0) is 74.8 Å². The first kappa shape index (κ1) is 21.9. The fraction of sp³-hybridized carbons (Fsp3) is 0.467. The quantitative estimate of drug-likeness (QED) is 0.512. The number of piperidine rings is 1. The van der Waals surface area contributed by atoms with E-state index >= 15 is 0 Å². The lowest BCUT2D eigenvalue weighted by atomic mass is 9.48. The number of likely N-dealkylation sites (tertiary alicyclic amines) is 1. The van der Waals surface area contributed by atoms with E-state index in [1.165, 1.54) is 12.8 Å². The van der Waals surface area contributed by atoms with Crippen LogP contribution in [0.4, 0.5) is 0 Å². The van der Waals surface area contributed by atoms with Gasteiger partial charge in [-0.3, -0.25) is 9.69 Å². The Morgan fingerprint density at radius 1 is 1.11 bits per heavy atom. The van der Waals surface area contributed by atoms with Crippen molar-refractivity contribution >= 4 is 16.8 Å². The van der Waals surface area contributed by atoms with E-state index in [0.717, 1.165) is 53.9 Å². The van der Waals surface area contributed by atoms with Crippen molar-refractivity contribution in [2.75, 3.05) is 13.1 Å². The normalized spacial score (nSPS) is 33.6. The summed E-state index contributed by atoms with van der Waals surface area (Å²) in [5.74, 6) is 1.13. The van der Waals surface area contributed by atoms with Gasteiger partial charge in [0.2, 0.25) is 0 Å². The Kier molecular flexibility index (Phi) is 4.41. The maximum Gasteiger partial charge on any atom is 0.270 e. The summed E-state index contributed by atoms with van der Waals surface area (Å²) < 4.78 is 6.56. The van der Waals surface area contributed by atoms with Crippen molar-refractivity contribution in [3.63, 3.8) is 0 Å². The Labute approximate surface area is 215 Å². The summed E-state index contributed by atoms with van der Waals surface area (Å²) >= 11 is 0. The first-order valence-corrected chi connectivity index (χ1v) is 13.6. The summed E-state index contributed by atoms with van der Waals surface area (Å²) in [5.41, 5.74) is 1.69. The lowest BCUT2D eigenvalue weighted by Crippen LogP contribution is -2.78. The lowest BCUT2D eigenvalue weighted by molar-refractivity contribution is -0.191. The van der Waals surface area contributed by atoms with Crippen molar-refractivity contribution in [3.8, 4) is 11.5 Å². The lowest BCUT2D eigenvalue weighted by Gasteiger charge is -2.64. The maximum absolute atomic E-state index is 13.4. The number of phenols is 1. The summed E-state index contributed by atoms with van der Waals surface area (Å²) in [4.78, 5) is 20.5. The van der Waals surface area contributed by atoms with Gasteiger partial charge in [0.25, 0.3) is 5.91 Å². The second-order valence-corrected chi connectivity index (χ2v) is 11.8. The molecule has 3 heterocycles. The molecule has 0 radical (unpaired) electrons. The number of phenolic OH excluding ortho intramolecular Hbond substituents is 1. The Morgan fingerprint density at radius 2 is 1.97 bits per heavy atom. The van der Waals surface area contributed by atoms with Crippen LogP contribution in [0.25, 0.3) is 10.9 Å². The van der Waals surface area contributed by atoms with Gasteiger partial charge in [0.1, 0.15) is 11.8 Å². The molecule has 5 atom stereocenters. The van der Waals surface area contributed by atoms with Crippen LogP contribution in [0.3, 0.4) is 0 Å². The molecule has 7 heteroatoms. The molecule has 2 aliphatic heterocycles. The van der Waals surface area contributed by atoms with Gasteiger partial charge in [0, 0.05) is 23.5 Å². The minimum absolute atomic E-state index is 0.0229. The highest BCUT2D eigenvalue weighted by molar-refractivity contribution is 5.95. The molecule has 1 aromatic heterocycles. The Hall–Kier alpha value is -3.16. The number of hydrogen-bond acceptors (Lipinski definition) is 6. The summed E-state index contributed by atoms with van der Waals surface area (Å²) in [6, 6.07) is 14.9. The monoisotopic (exact) mass is 497 g/mol. The van der Waals surface area contributed by atoms with Crippen LogP contribution < -0.4 is 10.1 Å². The first-order valence-electron chi connectivity index (χ1n) is 13.6. The second-order valence-electron chi connectivity index (χ2n) is 11.8. The van der Waals surface area contributed by atoms with Gasteiger partial charge >= 0.3 is 0 Å². The van der Waals surface area contributed by atoms with E-state index in [4.69, 9.17) is 4.74 Å². The van der Waals surface area contributed by atoms with Gasteiger partial charge in [-0.2, -0.15) is 0 Å². The number of aromatic nitrogens is 1. The molecule has 3 fully saturated rings. The zero-order chi connectivity index (χ0) is 24.9. The topological polar surface area (TPSA) is 94.9 Å². The van der Waals surface area contributed by atoms with E-state index in [2.05, 4.69) is 15.2 Å². The molecule has 3 N–H and O–H groups in total. The number of hydrogen-bond donors (Lipinski definition) is 3. The van der Waals surface area contributed by atoms with Gasteiger partial charge in [-0.25, -0.2) is 4.98 Å². The number of amides is 1. The van der Waals surface area contributed by atoms with Crippen LogP contribution in [0, 0.1) is 5.92 Å². The summed E-state index contributed by atoms with van der Waals surface area (Å²) in [6.07, 6.45) is 4.84. The molecule has 8 rings (SSSR count). The third kappa shape index (κ3) is 2.90. The first-order chi connectivity index (χ1) is 18.0. The maximum atomic E-state index is 13.4. The average Bonchev–Trinajstić information content (AvgIpc) is 3.65. The van der Waals surface area contributed by atoms with E-state index in [1.54, 1.807) is 12.1 Å². The van der Waals surface area contributed by atoms with Crippen LogP contribution in [-0.2, 0) is 11.8 Å². The van der Waals surface area contributed by atoms with Crippen LogP contribution in [-0.4, -0.2) is 62.9 Å². The van der Waals surface area contributed by atoms with Gasteiger partial charge < -0.3 is 20.3 Å². The highest BCUT2D eigenvalue weighted by Gasteiger charge is 2.73. The molecule has 1 saturated heterocycles. The van der Waals surface area contributed by atoms with Crippen molar-refractivity contribution < 1.29 is 19.7 Å². The van der Waals surface area contributed by atoms with Gasteiger partial charge in [0.15, 0.2) is 11.5 Å².